The fourth-order valence-corrected chi connectivity index (χ4v) is 2.41. The van der Waals surface area contributed by atoms with Gasteiger partial charge in [-0.2, -0.15) is 12.6 Å². The molecule has 0 aromatic heterocycles. The van der Waals surface area contributed by atoms with Crippen LogP contribution in [0.1, 0.15) is 34.1 Å². The number of rotatable bonds is 11. The Morgan fingerprint density at radius 3 is 1.92 bits per heavy atom. The molecule has 0 bridgehead atoms. The molecular formula is C16H30N4O5S. The molecule has 26 heavy (non-hydrogen) atoms. The van der Waals surface area contributed by atoms with Gasteiger partial charge in [-0.15, -0.1) is 0 Å². The molecule has 0 aliphatic rings. The van der Waals surface area contributed by atoms with Crippen LogP contribution in [0.2, 0.25) is 0 Å². The second-order valence-electron chi connectivity index (χ2n) is 6.45. The van der Waals surface area contributed by atoms with Gasteiger partial charge in [0.25, 0.3) is 0 Å². The van der Waals surface area contributed by atoms with Crippen LogP contribution < -0.4 is 21.7 Å². The van der Waals surface area contributed by atoms with Gasteiger partial charge in [0.15, 0.2) is 0 Å². The number of nitrogens with two attached hydrogens (primary N) is 1. The average Bonchev–Trinajstić information content (AvgIpc) is 2.59. The number of carboxylic acids is 1. The van der Waals surface area contributed by atoms with E-state index in [0.29, 0.717) is 6.42 Å². The molecule has 6 N–H and O–H groups in total. The summed E-state index contributed by atoms with van der Waals surface area (Å²) in [5.74, 6) is -3.38. The van der Waals surface area contributed by atoms with Gasteiger partial charge in [0.2, 0.25) is 17.7 Å². The first-order valence-corrected chi connectivity index (χ1v) is 9.15. The number of carbonyl (C=O) groups excluding carboxylic acids is 3. The predicted octanol–water partition coefficient (Wildman–Crippen LogP) is -0.884. The molecule has 9 nitrogen and oxygen atoms in total. The van der Waals surface area contributed by atoms with E-state index in [1.165, 1.54) is 0 Å². The van der Waals surface area contributed by atoms with Crippen molar-refractivity contribution in [3.63, 3.8) is 0 Å². The summed E-state index contributed by atoms with van der Waals surface area (Å²) in [7, 11) is 0. The Hall–Kier alpha value is -1.81. The summed E-state index contributed by atoms with van der Waals surface area (Å²) in [4.78, 5) is 47.7. The van der Waals surface area contributed by atoms with E-state index in [4.69, 9.17) is 10.8 Å². The molecule has 0 aromatic rings. The van der Waals surface area contributed by atoms with Crippen LogP contribution in [0.4, 0.5) is 0 Å². The van der Waals surface area contributed by atoms with Crippen molar-refractivity contribution in [1.29, 1.82) is 0 Å². The molecule has 0 heterocycles. The quantitative estimate of drug-likeness (QED) is 0.252. The Bertz CT molecular complexity index is 515. The maximum atomic E-state index is 12.6. The van der Waals surface area contributed by atoms with Crippen LogP contribution in [0.15, 0.2) is 0 Å². The lowest BCUT2D eigenvalue weighted by atomic mass is 9.96. The molecule has 3 amide bonds. The molecular weight excluding hydrogens is 360 g/mol. The maximum Gasteiger partial charge on any atom is 0.327 e. The summed E-state index contributed by atoms with van der Waals surface area (Å²) in [6, 6.07) is -2.96. The normalized spacial score (nSPS) is 15.5. The van der Waals surface area contributed by atoms with Gasteiger partial charge in [0.1, 0.15) is 18.1 Å². The highest BCUT2D eigenvalue weighted by molar-refractivity contribution is 7.80. The van der Waals surface area contributed by atoms with E-state index < -0.39 is 41.8 Å². The van der Waals surface area contributed by atoms with Gasteiger partial charge < -0.3 is 26.8 Å². The fraction of sp³-hybridized carbons (Fsp3) is 0.750. The summed E-state index contributed by atoms with van der Waals surface area (Å²) in [5, 5.41) is 16.5. The van der Waals surface area contributed by atoms with Crippen LogP contribution in [0, 0.1) is 11.8 Å². The highest BCUT2D eigenvalue weighted by atomic mass is 32.1. The van der Waals surface area contributed by atoms with Crippen LogP contribution >= 0.6 is 12.6 Å². The van der Waals surface area contributed by atoms with E-state index in [9.17, 15) is 19.2 Å². The number of amides is 3. The number of carbonyl (C=O) groups is 4. The molecule has 10 heteroatoms. The zero-order chi connectivity index (χ0) is 20.4. The van der Waals surface area contributed by atoms with Gasteiger partial charge in [0, 0.05) is 5.75 Å². The monoisotopic (exact) mass is 390 g/mol. The first-order chi connectivity index (χ1) is 12.1. The molecule has 0 aliphatic heterocycles. The highest BCUT2D eigenvalue weighted by Gasteiger charge is 2.32. The Kier molecular flexibility index (Phi) is 10.9. The lowest BCUT2D eigenvalue weighted by Crippen LogP contribution is -2.59. The van der Waals surface area contributed by atoms with Crippen LogP contribution in [0.3, 0.4) is 0 Å². The lowest BCUT2D eigenvalue weighted by Gasteiger charge is -2.28. The van der Waals surface area contributed by atoms with Crippen LogP contribution in [-0.2, 0) is 19.2 Å². The Morgan fingerprint density at radius 2 is 1.54 bits per heavy atom. The summed E-state index contributed by atoms with van der Waals surface area (Å²) >= 11 is 3.90. The number of nitrogens with one attached hydrogen (secondary N) is 3. The molecule has 0 saturated carbocycles. The number of hydrogen-bond acceptors (Lipinski definition) is 6. The third-order valence-corrected chi connectivity index (χ3v) is 4.41. The van der Waals surface area contributed by atoms with Crippen molar-refractivity contribution >= 4 is 36.3 Å². The lowest BCUT2D eigenvalue weighted by molar-refractivity contribution is -0.142. The summed E-state index contributed by atoms with van der Waals surface area (Å²) < 4.78 is 0. The molecule has 0 fully saturated rings. The Morgan fingerprint density at radius 1 is 1.00 bits per heavy atom. The second-order valence-corrected chi connectivity index (χ2v) is 6.81. The van der Waals surface area contributed by atoms with Gasteiger partial charge in [-0.1, -0.05) is 34.1 Å². The minimum atomic E-state index is -1.21. The third kappa shape index (κ3) is 7.61. The second kappa shape index (κ2) is 11.7. The van der Waals surface area contributed by atoms with Crippen LogP contribution in [0.5, 0.6) is 0 Å². The molecule has 0 saturated heterocycles. The van der Waals surface area contributed by atoms with E-state index in [1.807, 2.05) is 6.92 Å². The number of carboxylic acid groups (broad SMARTS) is 1. The van der Waals surface area contributed by atoms with Gasteiger partial charge in [-0.25, -0.2) is 4.79 Å². The van der Waals surface area contributed by atoms with Gasteiger partial charge >= 0.3 is 5.97 Å². The molecule has 0 rings (SSSR count). The number of hydrogen-bond donors (Lipinski definition) is 6. The SMILES string of the molecule is CCC(C)C(NC(=O)CN)C(=O)NC(C(=O)NC(CS)C(=O)O)C(C)C. The first kappa shape index (κ1) is 24.2. The molecule has 0 aliphatic carbocycles. The zero-order valence-electron chi connectivity index (χ0n) is 15.6. The molecule has 4 atom stereocenters. The number of thiol groups is 1. The van der Waals surface area contributed by atoms with Crippen molar-refractivity contribution < 1.29 is 24.3 Å². The van der Waals surface area contributed by atoms with E-state index in [-0.39, 0.29) is 24.1 Å². The van der Waals surface area contributed by atoms with Crippen molar-refractivity contribution in [2.45, 2.75) is 52.2 Å². The van der Waals surface area contributed by atoms with Crippen molar-refractivity contribution in [1.82, 2.24) is 16.0 Å². The first-order valence-electron chi connectivity index (χ1n) is 8.52. The van der Waals surface area contributed by atoms with Crippen molar-refractivity contribution in [2.75, 3.05) is 12.3 Å². The fourth-order valence-electron chi connectivity index (χ4n) is 2.16. The van der Waals surface area contributed by atoms with Crippen LogP contribution in [-0.4, -0.2) is 59.2 Å². The highest BCUT2D eigenvalue weighted by Crippen LogP contribution is 2.10. The van der Waals surface area contributed by atoms with Gasteiger partial charge in [0.05, 0.1) is 6.54 Å². The van der Waals surface area contributed by atoms with Crippen LogP contribution in [0.25, 0.3) is 0 Å². The Balaban J connectivity index is 5.25. The summed E-state index contributed by atoms with van der Waals surface area (Å²) in [5.41, 5.74) is 5.29. The topological polar surface area (TPSA) is 151 Å². The largest absolute Gasteiger partial charge is 0.480 e. The molecule has 0 aromatic carbocycles. The van der Waals surface area contributed by atoms with Crippen molar-refractivity contribution in [2.24, 2.45) is 17.6 Å². The smallest absolute Gasteiger partial charge is 0.327 e. The Labute approximate surface area is 159 Å². The van der Waals surface area contributed by atoms with E-state index in [2.05, 4.69) is 28.6 Å². The molecule has 4 unspecified atom stereocenters. The van der Waals surface area contributed by atoms with E-state index in [0.717, 1.165) is 0 Å². The van der Waals surface area contributed by atoms with Crippen molar-refractivity contribution in [3.05, 3.63) is 0 Å². The standard InChI is InChI=1S/C16H30N4O5S/c1-5-9(4)13(19-11(21)6-17)15(23)20-12(8(2)3)14(22)18-10(7-26)16(24)25/h8-10,12-13,26H,5-7,17H2,1-4H3,(H,18,22)(H,19,21)(H,20,23)(H,24,25). The molecule has 0 radical (unpaired) electrons. The van der Waals surface area contributed by atoms with Gasteiger partial charge in [-0.3, -0.25) is 14.4 Å². The number of aliphatic carboxylic acids is 1. The predicted molar refractivity (Wildman–Crippen MR) is 101 cm³/mol. The minimum Gasteiger partial charge on any atom is -0.480 e. The zero-order valence-corrected chi connectivity index (χ0v) is 16.5. The van der Waals surface area contributed by atoms with E-state index >= 15 is 0 Å². The average molecular weight is 391 g/mol. The summed E-state index contributed by atoms with van der Waals surface area (Å²) in [6.45, 7) is 6.86. The third-order valence-electron chi connectivity index (χ3n) is 4.04. The maximum absolute atomic E-state index is 12.6. The minimum absolute atomic E-state index is 0.0815. The van der Waals surface area contributed by atoms with Gasteiger partial charge in [-0.05, 0) is 11.8 Å². The molecule has 0 spiro atoms. The molecule has 150 valence electrons. The van der Waals surface area contributed by atoms with E-state index in [1.54, 1.807) is 20.8 Å². The van der Waals surface area contributed by atoms with Crippen molar-refractivity contribution in [3.8, 4) is 0 Å². The summed E-state index contributed by atoms with van der Waals surface area (Å²) in [6.07, 6.45) is 0.627.